The maximum Gasteiger partial charge on any atom is 0.215 e. The van der Waals surface area contributed by atoms with E-state index >= 15 is 0 Å². The number of rotatable bonds is 3. The molecule has 1 aliphatic heterocycles. The van der Waals surface area contributed by atoms with Crippen LogP contribution in [-0.2, 0) is 9.47 Å². The Morgan fingerprint density at radius 3 is 2.68 bits per heavy atom. The van der Waals surface area contributed by atoms with Crippen molar-refractivity contribution >= 4 is 17.4 Å². The normalized spacial score (nSPS) is 24.9. The van der Waals surface area contributed by atoms with Gasteiger partial charge in [0, 0.05) is 18.0 Å². The number of hydrogen-bond acceptors (Lipinski definition) is 6. The van der Waals surface area contributed by atoms with Crippen molar-refractivity contribution in [2.24, 2.45) is 0 Å². The molecule has 0 unspecified atom stereocenters. The van der Waals surface area contributed by atoms with Crippen molar-refractivity contribution in [2.45, 2.75) is 18.5 Å². The fraction of sp³-hybridized carbons (Fsp3) is 0.267. The Morgan fingerprint density at radius 2 is 1.95 bits per heavy atom. The van der Waals surface area contributed by atoms with Crippen molar-refractivity contribution in [3.8, 4) is 0 Å². The van der Waals surface area contributed by atoms with E-state index in [0.717, 1.165) is 5.56 Å². The maximum atomic E-state index is 12.5. The van der Waals surface area contributed by atoms with Crippen molar-refractivity contribution in [1.82, 2.24) is 9.97 Å². The first kappa shape index (κ1) is 15.1. The molecule has 0 saturated carbocycles. The minimum atomic E-state index is -1.10. The molecule has 0 amide bonds. The Kier molecular flexibility index (Phi) is 4.44. The highest BCUT2D eigenvalue weighted by Crippen LogP contribution is 2.28. The molecule has 3 rings (SSSR count). The van der Waals surface area contributed by atoms with Crippen LogP contribution in [0, 0.1) is 0 Å². The largest absolute Gasteiger partial charge is 0.387 e. The number of benzene rings is 1. The third-order valence-corrected chi connectivity index (χ3v) is 3.53. The average Bonchev–Trinajstić information content (AvgIpc) is 2.56. The minimum Gasteiger partial charge on any atom is -0.387 e. The van der Waals surface area contributed by atoms with Gasteiger partial charge in [-0.15, -0.1) is 0 Å². The molecule has 0 aliphatic carbocycles. The summed E-state index contributed by atoms with van der Waals surface area (Å²) in [5, 5.41) is 9.97. The number of Topliss-reactive ketones (excluding diaryl/α,β-unsaturated/α-hetero) is 1. The van der Waals surface area contributed by atoms with Crippen molar-refractivity contribution in [3.63, 3.8) is 0 Å². The highest BCUT2D eigenvalue weighted by Gasteiger charge is 2.38. The molecule has 1 N–H and O–H groups in total. The Labute approximate surface area is 131 Å². The van der Waals surface area contributed by atoms with Gasteiger partial charge in [0.25, 0.3) is 0 Å². The molecule has 0 radical (unpaired) electrons. The molecule has 1 aromatic heterocycles. The summed E-state index contributed by atoms with van der Waals surface area (Å²) in [6.07, 6.45) is -0.181. The molecule has 1 saturated heterocycles. The van der Waals surface area contributed by atoms with Crippen LogP contribution in [0.5, 0.6) is 0 Å². The predicted octanol–water partition coefficient (Wildman–Crippen LogP) is 1.79. The average molecular weight is 321 g/mol. The number of halogens is 1. The van der Waals surface area contributed by atoms with E-state index in [4.69, 9.17) is 21.1 Å². The molecule has 114 valence electrons. The summed E-state index contributed by atoms with van der Waals surface area (Å²) in [5.74, 6) is -0.519. The van der Waals surface area contributed by atoms with Crippen molar-refractivity contribution < 1.29 is 19.4 Å². The Hall–Kier alpha value is -1.86. The van der Waals surface area contributed by atoms with Crippen LogP contribution in [0.25, 0.3) is 0 Å². The first-order valence-electron chi connectivity index (χ1n) is 6.67. The van der Waals surface area contributed by atoms with E-state index in [-0.39, 0.29) is 17.5 Å². The number of hydrogen-bond donors (Lipinski definition) is 1. The SMILES string of the molecule is O=C(c1nccnc1Cl)[C@H]1O[C@@H](c2ccccc2)OC[C@H]1O. The number of carbonyl (C=O) groups excluding carboxylic acids is 1. The number of ether oxygens (including phenoxy) is 2. The van der Waals surface area contributed by atoms with Gasteiger partial charge in [-0.2, -0.15) is 0 Å². The number of ketones is 1. The fourth-order valence-corrected chi connectivity index (χ4v) is 2.38. The lowest BCUT2D eigenvalue weighted by Crippen LogP contribution is -2.45. The number of aliphatic hydroxyl groups is 1. The van der Waals surface area contributed by atoms with Gasteiger partial charge >= 0.3 is 0 Å². The Morgan fingerprint density at radius 1 is 1.23 bits per heavy atom. The van der Waals surface area contributed by atoms with Crippen LogP contribution in [0.15, 0.2) is 42.7 Å². The van der Waals surface area contributed by atoms with Crippen LogP contribution in [0.4, 0.5) is 0 Å². The van der Waals surface area contributed by atoms with Crippen LogP contribution in [-0.4, -0.2) is 39.7 Å². The predicted molar refractivity (Wildman–Crippen MR) is 77.4 cm³/mol. The first-order chi connectivity index (χ1) is 10.7. The van der Waals surface area contributed by atoms with Crippen molar-refractivity contribution in [1.29, 1.82) is 0 Å². The van der Waals surface area contributed by atoms with E-state index < -0.39 is 24.3 Å². The Balaban J connectivity index is 1.83. The van der Waals surface area contributed by atoms with Gasteiger partial charge in [0.05, 0.1) is 6.61 Å². The second kappa shape index (κ2) is 6.50. The molecule has 0 bridgehead atoms. The lowest BCUT2D eigenvalue weighted by atomic mass is 10.1. The number of carbonyl (C=O) groups is 1. The van der Waals surface area contributed by atoms with E-state index in [1.54, 1.807) is 0 Å². The van der Waals surface area contributed by atoms with Gasteiger partial charge in [-0.1, -0.05) is 41.9 Å². The van der Waals surface area contributed by atoms with Gasteiger partial charge in [0.15, 0.2) is 17.5 Å². The van der Waals surface area contributed by atoms with Crippen LogP contribution in [0.1, 0.15) is 22.3 Å². The number of aliphatic hydroxyl groups excluding tert-OH is 1. The van der Waals surface area contributed by atoms with Crippen LogP contribution in [0.2, 0.25) is 5.15 Å². The zero-order valence-corrected chi connectivity index (χ0v) is 12.2. The van der Waals surface area contributed by atoms with Crippen LogP contribution in [0.3, 0.4) is 0 Å². The summed E-state index contributed by atoms with van der Waals surface area (Å²) in [4.78, 5) is 20.2. The van der Waals surface area contributed by atoms with E-state index in [2.05, 4.69) is 9.97 Å². The van der Waals surface area contributed by atoms with Gasteiger partial charge in [-0.25, -0.2) is 9.97 Å². The highest BCUT2D eigenvalue weighted by molar-refractivity contribution is 6.32. The van der Waals surface area contributed by atoms with Gasteiger partial charge < -0.3 is 14.6 Å². The second-order valence-electron chi connectivity index (χ2n) is 4.76. The fourth-order valence-electron chi connectivity index (χ4n) is 2.18. The number of aromatic nitrogens is 2. The van der Waals surface area contributed by atoms with Gasteiger partial charge in [-0.05, 0) is 0 Å². The smallest absolute Gasteiger partial charge is 0.215 e. The quantitative estimate of drug-likeness (QED) is 0.868. The lowest BCUT2D eigenvalue weighted by Gasteiger charge is -2.33. The molecule has 22 heavy (non-hydrogen) atoms. The zero-order chi connectivity index (χ0) is 15.5. The van der Waals surface area contributed by atoms with Crippen LogP contribution < -0.4 is 0 Å². The lowest BCUT2D eigenvalue weighted by molar-refractivity contribution is -0.242. The summed E-state index contributed by atoms with van der Waals surface area (Å²) in [5.41, 5.74) is 0.736. The maximum absolute atomic E-state index is 12.5. The molecule has 2 heterocycles. The third kappa shape index (κ3) is 3.00. The summed E-state index contributed by atoms with van der Waals surface area (Å²) >= 11 is 5.88. The number of nitrogens with zero attached hydrogens (tertiary/aromatic N) is 2. The Bertz CT molecular complexity index is 668. The van der Waals surface area contributed by atoms with Crippen molar-refractivity contribution in [3.05, 3.63) is 59.1 Å². The molecule has 1 fully saturated rings. The first-order valence-corrected chi connectivity index (χ1v) is 7.05. The molecule has 3 atom stereocenters. The molecule has 7 heteroatoms. The standard InChI is InChI=1S/C15H13ClN2O4/c16-14-11(17-6-7-18-14)12(20)13-10(19)8-21-15(22-13)9-4-2-1-3-5-9/h1-7,10,13,15,19H,8H2/t10-,13+,15+/m1/s1. The zero-order valence-electron chi connectivity index (χ0n) is 11.4. The molecule has 2 aromatic rings. The minimum absolute atomic E-state index is 0.0200. The summed E-state index contributed by atoms with van der Waals surface area (Å²) in [6.45, 7) is -0.0200. The summed E-state index contributed by atoms with van der Waals surface area (Å²) < 4.78 is 11.0. The van der Waals surface area contributed by atoms with E-state index in [9.17, 15) is 9.90 Å². The van der Waals surface area contributed by atoms with E-state index in [1.807, 2.05) is 30.3 Å². The second-order valence-corrected chi connectivity index (χ2v) is 5.12. The monoisotopic (exact) mass is 320 g/mol. The van der Waals surface area contributed by atoms with Gasteiger partial charge in [0.2, 0.25) is 5.78 Å². The van der Waals surface area contributed by atoms with Crippen LogP contribution >= 0.6 is 11.6 Å². The van der Waals surface area contributed by atoms with Crippen molar-refractivity contribution in [2.75, 3.05) is 6.61 Å². The highest BCUT2D eigenvalue weighted by atomic mass is 35.5. The third-order valence-electron chi connectivity index (χ3n) is 3.26. The molecular formula is C15H13ClN2O4. The molecule has 1 aliphatic rings. The van der Waals surface area contributed by atoms with E-state index in [0.29, 0.717) is 0 Å². The molecule has 1 aromatic carbocycles. The van der Waals surface area contributed by atoms with Gasteiger partial charge in [-0.3, -0.25) is 4.79 Å². The molecular weight excluding hydrogens is 308 g/mol. The molecule has 0 spiro atoms. The summed E-state index contributed by atoms with van der Waals surface area (Å²) in [7, 11) is 0. The molecule has 6 nitrogen and oxygen atoms in total. The van der Waals surface area contributed by atoms with Gasteiger partial charge in [0.1, 0.15) is 11.8 Å². The summed E-state index contributed by atoms with van der Waals surface area (Å²) in [6, 6.07) is 9.18. The van der Waals surface area contributed by atoms with E-state index in [1.165, 1.54) is 12.4 Å². The topological polar surface area (TPSA) is 81.5 Å².